The van der Waals surface area contributed by atoms with Gasteiger partial charge in [-0.15, -0.1) is 0 Å². The van der Waals surface area contributed by atoms with Crippen molar-refractivity contribution >= 4 is 5.69 Å². The Kier molecular flexibility index (Phi) is 3.95. The summed E-state index contributed by atoms with van der Waals surface area (Å²) in [6.07, 6.45) is 5.82. The molecule has 4 rings (SSSR count). The number of ether oxygens (including phenoxy) is 2. The summed E-state index contributed by atoms with van der Waals surface area (Å²) < 4.78 is 10.9. The molecule has 2 aromatic carbocycles. The van der Waals surface area contributed by atoms with Gasteiger partial charge >= 0.3 is 0 Å². The van der Waals surface area contributed by atoms with Crippen LogP contribution in [0.25, 0.3) is 0 Å². The second kappa shape index (κ2) is 6.14. The van der Waals surface area contributed by atoms with Gasteiger partial charge in [-0.1, -0.05) is 35.9 Å². The standard InChI is InChI=1S/C22H25NO2/c1-13-10-14(2)21-18(11-13)16-6-5-7-17(16)22(23-21)15-8-9-19(24-3)20(12-15)25-4/h5-6,8-12,16-17,22-23H,7H2,1-4H3. The van der Waals surface area contributed by atoms with Crippen LogP contribution in [0.2, 0.25) is 0 Å². The van der Waals surface area contributed by atoms with Crippen LogP contribution in [-0.4, -0.2) is 14.2 Å². The molecular formula is C22H25NO2. The Balaban J connectivity index is 1.79. The quantitative estimate of drug-likeness (QED) is 0.787. The van der Waals surface area contributed by atoms with E-state index >= 15 is 0 Å². The Labute approximate surface area is 149 Å². The molecule has 3 nitrogen and oxygen atoms in total. The number of benzene rings is 2. The molecule has 0 radical (unpaired) electrons. The minimum absolute atomic E-state index is 0.272. The van der Waals surface area contributed by atoms with Crippen LogP contribution < -0.4 is 14.8 Å². The lowest BCUT2D eigenvalue weighted by Crippen LogP contribution is -2.29. The molecule has 0 aromatic heterocycles. The molecule has 0 bridgehead atoms. The van der Waals surface area contributed by atoms with Crippen molar-refractivity contribution in [1.29, 1.82) is 0 Å². The number of aryl methyl sites for hydroxylation is 2. The SMILES string of the molecule is COc1ccc(C2Nc3c(C)cc(C)cc3C3C=CCC32)cc1OC. The smallest absolute Gasteiger partial charge is 0.161 e. The maximum atomic E-state index is 5.52. The second-order valence-electron chi connectivity index (χ2n) is 7.14. The van der Waals surface area contributed by atoms with Gasteiger partial charge in [0.2, 0.25) is 0 Å². The summed E-state index contributed by atoms with van der Waals surface area (Å²) in [5.41, 5.74) is 6.63. The van der Waals surface area contributed by atoms with Gasteiger partial charge in [-0.25, -0.2) is 0 Å². The summed E-state index contributed by atoms with van der Waals surface area (Å²) >= 11 is 0. The minimum atomic E-state index is 0.272. The molecule has 3 heteroatoms. The summed E-state index contributed by atoms with van der Waals surface area (Å²) in [7, 11) is 3.37. The highest BCUT2D eigenvalue weighted by molar-refractivity contribution is 5.65. The molecule has 1 aliphatic carbocycles. The van der Waals surface area contributed by atoms with Crippen molar-refractivity contribution in [2.75, 3.05) is 19.5 Å². The number of hydrogen-bond donors (Lipinski definition) is 1. The van der Waals surface area contributed by atoms with Crippen LogP contribution >= 0.6 is 0 Å². The van der Waals surface area contributed by atoms with Crippen LogP contribution in [0, 0.1) is 19.8 Å². The van der Waals surface area contributed by atoms with Gasteiger partial charge in [0, 0.05) is 11.6 Å². The largest absolute Gasteiger partial charge is 0.493 e. The molecule has 0 spiro atoms. The number of nitrogens with one attached hydrogen (secondary N) is 1. The van der Waals surface area contributed by atoms with E-state index in [1.807, 2.05) is 6.07 Å². The lowest BCUT2D eigenvalue weighted by molar-refractivity contribution is 0.353. The van der Waals surface area contributed by atoms with E-state index in [4.69, 9.17) is 9.47 Å². The minimum Gasteiger partial charge on any atom is -0.493 e. The van der Waals surface area contributed by atoms with Gasteiger partial charge in [0.15, 0.2) is 11.5 Å². The van der Waals surface area contributed by atoms with E-state index in [2.05, 4.69) is 55.6 Å². The normalized spacial score (nSPS) is 23.6. The molecule has 1 N–H and O–H groups in total. The molecule has 0 fully saturated rings. The summed E-state index contributed by atoms with van der Waals surface area (Å²) in [6.45, 7) is 4.38. The van der Waals surface area contributed by atoms with Crippen LogP contribution in [0.1, 0.15) is 40.6 Å². The van der Waals surface area contributed by atoms with Crippen LogP contribution in [0.3, 0.4) is 0 Å². The highest BCUT2D eigenvalue weighted by Gasteiger charge is 2.38. The summed E-state index contributed by atoms with van der Waals surface area (Å²) in [5, 5.41) is 3.83. The molecular weight excluding hydrogens is 310 g/mol. The zero-order chi connectivity index (χ0) is 17.6. The number of fused-ring (bicyclic) bond motifs is 3. The Morgan fingerprint density at radius 1 is 1.00 bits per heavy atom. The summed E-state index contributed by atoms with van der Waals surface area (Å²) in [4.78, 5) is 0. The third kappa shape index (κ3) is 2.58. The molecule has 2 aromatic rings. The van der Waals surface area contributed by atoms with Crippen LogP contribution in [0.5, 0.6) is 11.5 Å². The van der Waals surface area contributed by atoms with E-state index < -0.39 is 0 Å². The third-order valence-corrected chi connectivity index (χ3v) is 5.58. The fraction of sp³-hybridized carbons (Fsp3) is 0.364. The van der Waals surface area contributed by atoms with Gasteiger partial charge in [-0.3, -0.25) is 0 Å². The van der Waals surface area contributed by atoms with Crippen LogP contribution in [-0.2, 0) is 0 Å². The zero-order valence-electron chi connectivity index (χ0n) is 15.3. The summed E-state index contributed by atoms with van der Waals surface area (Å²) in [5.74, 6) is 2.57. The molecule has 1 aliphatic heterocycles. The Morgan fingerprint density at radius 3 is 2.56 bits per heavy atom. The maximum Gasteiger partial charge on any atom is 0.161 e. The lowest BCUT2D eigenvalue weighted by Gasteiger charge is -2.38. The maximum absolute atomic E-state index is 5.52. The van der Waals surface area contributed by atoms with Crippen LogP contribution in [0.4, 0.5) is 5.69 Å². The van der Waals surface area contributed by atoms with Gasteiger partial charge in [0.05, 0.1) is 20.3 Å². The predicted octanol–water partition coefficient (Wildman–Crippen LogP) is 5.15. The lowest BCUT2D eigenvalue weighted by atomic mass is 9.76. The number of methoxy groups -OCH3 is 2. The van der Waals surface area contributed by atoms with E-state index in [9.17, 15) is 0 Å². The van der Waals surface area contributed by atoms with Gasteiger partial charge in [0.1, 0.15) is 0 Å². The first kappa shape index (κ1) is 16.1. The van der Waals surface area contributed by atoms with Crippen molar-refractivity contribution in [2.24, 2.45) is 5.92 Å². The fourth-order valence-electron chi connectivity index (χ4n) is 4.45. The van der Waals surface area contributed by atoms with Gasteiger partial charge < -0.3 is 14.8 Å². The molecule has 1 heterocycles. The van der Waals surface area contributed by atoms with Gasteiger partial charge in [-0.05, 0) is 55.0 Å². The first-order valence-corrected chi connectivity index (χ1v) is 8.88. The number of allylic oxidation sites excluding steroid dienone is 2. The van der Waals surface area contributed by atoms with Crippen molar-refractivity contribution in [3.8, 4) is 11.5 Å². The highest BCUT2D eigenvalue weighted by atomic mass is 16.5. The topological polar surface area (TPSA) is 30.5 Å². The molecule has 0 amide bonds. The zero-order valence-corrected chi connectivity index (χ0v) is 15.3. The van der Waals surface area contributed by atoms with Crippen molar-refractivity contribution in [2.45, 2.75) is 32.2 Å². The third-order valence-electron chi connectivity index (χ3n) is 5.58. The number of rotatable bonds is 3. The van der Waals surface area contributed by atoms with Crippen LogP contribution in [0.15, 0.2) is 42.5 Å². The molecule has 0 saturated carbocycles. The Morgan fingerprint density at radius 2 is 1.80 bits per heavy atom. The Hall–Kier alpha value is -2.42. The van der Waals surface area contributed by atoms with Crippen molar-refractivity contribution in [1.82, 2.24) is 0 Å². The molecule has 130 valence electrons. The van der Waals surface area contributed by atoms with E-state index in [-0.39, 0.29) is 6.04 Å². The molecule has 0 saturated heterocycles. The first-order chi connectivity index (χ1) is 12.1. The molecule has 25 heavy (non-hydrogen) atoms. The second-order valence-corrected chi connectivity index (χ2v) is 7.14. The predicted molar refractivity (Wildman–Crippen MR) is 102 cm³/mol. The van der Waals surface area contributed by atoms with E-state index in [1.165, 1.54) is 27.9 Å². The van der Waals surface area contributed by atoms with Crippen molar-refractivity contribution in [3.63, 3.8) is 0 Å². The monoisotopic (exact) mass is 335 g/mol. The van der Waals surface area contributed by atoms with Gasteiger partial charge in [-0.2, -0.15) is 0 Å². The Bertz CT molecular complexity index is 840. The van der Waals surface area contributed by atoms with Crippen molar-refractivity contribution in [3.05, 3.63) is 64.7 Å². The van der Waals surface area contributed by atoms with E-state index in [1.54, 1.807) is 14.2 Å². The average Bonchev–Trinajstić information content (AvgIpc) is 3.10. The van der Waals surface area contributed by atoms with Gasteiger partial charge in [0.25, 0.3) is 0 Å². The molecule has 3 atom stereocenters. The number of anilines is 1. The van der Waals surface area contributed by atoms with E-state index in [0.29, 0.717) is 11.8 Å². The van der Waals surface area contributed by atoms with Crippen molar-refractivity contribution < 1.29 is 9.47 Å². The molecule has 2 aliphatic rings. The first-order valence-electron chi connectivity index (χ1n) is 8.88. The highest BCUT2D eigenvalue weighted by Crippen LogP contribution is 2.51. The molecule has 3 unspecified atom stereocenters. The number of hydrogen-bond acceptors (Lipinski definition) is 3. The van der Waals surface area contributed by atoms with E-state index in [0.717, 1.165) is 17.9 Å². The summed E-state index contributed by atoms with van der Waals surface area (Å²) in [6, 6.07) is 11.1. The average molecular weight is 335 g/mol. The fourth-order valence-corrected chi connectivity index (χ4v) is 4.45.